The zero-order chi connectivity index (χ0) is 18.4. The summed E-state index contributed by atoms with van der Waals surface area (Å²) in [5.74, 6) is 0.0273. The van der Waals surface area contributed by atoms with Crippen LogP contribution in [-0.2, 0) is 16.0 Å². The quantitative estimate of drug-likeness (QED) is 0.659. The molecule has 2 aliphatic heterocycles. The third kappa shape index (κ3) is 5.36. The molecule has 1 aromatic rings. The molecule has 8 nitrogen and oxygen atoms in total. The molecule has 0 bridgehead atoms. The van der Waals surface area contributed by atoms with Gasteiger partial charge in [0.25, 0.3) is 5.56 Å². The van der Waals surface area contributed by atoms with Crippen molar-refractivity contribution < 1.29 is 9.53 Å². The van der Waals surface area contributed by atoms with Crippen molar-refractivity contribution in [2.45, 2.75) is 44.2 Å². The summed E-state index contributed by atoms with van der Waals surface area (Å²) in [6.07, 6.45) is 5.64. The lowest BCUT2D eigenvalue weighted by Crippen LogP contribution is -2.47. The highest BCUT2D eigenvalue weighted by Gasteiger charge is 2.31. The summed E-state index contributed by atoms with van der Waals surface area (Å²) in [7, 11) is 0. The minimum absolute atomic E-state index is 0.0430. The number of nitrogens with one attached hydrogen (secondary N) is 2. The van der Waals surface area contributed by atoms with Gasteiger partial charge < -0.3 is 20.8 Å². The first-order valence-corrected chi connectivity index (χ1v) is 9.50. The van der Waals surface area contributed by atoms with E-state index in [1.54, 1.807) is 0 Å². The van der Waals surface area contributed by atoms with E-state index in [1.165, 1.54) is 12.4 Å². The number of carbonyl (C=O) groups excluding carboxylic acids is 1. The molecular formula is C18H29N5O3. The predicted octanol–water partition coefficient (Wildman–Crippen LogP) is -0.353. The molecule has 1 amide bonds. The molecule has 144 valence electrons. The monoisotopic (exact) mass is 363 g/mol. The Morgan fingerprint density at radius 2 is 2.12 bits per heavy atom. The molecule has 2 fully saturated rings. The van der Waals surface area contributed by atoms with Crippen LogP contribution in [0, 0.1) is 5.92 Å². The molecule has 2 aliphatic rings. The van der Waals surface area contributed by atoms with Gasteiger partial charge in [0.15, 0.2) is 0 Å². The zero-order valence-corrected chi connectivity index (χ0v) is 15.2. The average Bonchev–Trinajstić information content (AvgIpc) is 2.84. The van der Waals surface area contributed by atoms with Gasteiger partial charge in [-0.1, -0.05) is 0 Å². The number of rotatable bonds is 5. The van der Waals surface area contributed by atoms with Crippen molar-refractivity contribution in [1.82, 2.24) is 20.2 Å². The molecular weight excluding hydrogens is 334 g/mol. The van der Waals surface area contributed by atoms with Crippen LogP contribution < -0.4 is 16.6 Å². The second-order valence-electron chi connectivity index (χ2n) is 7.28. The Labute approximate surface area is 153 Å². The largest absolute Gasteiger partial charge is 0.381 e. The van der Waals surface area contributed by atoms with E-state index < -0.39 is 0 Å². The molecule has 0 aliphatic carbocycles. The molecule has 0 saturated carbocycles. The highest BCUT2D eigenvalue weighted by atomic mass is 16.5. The number of ether oxygens (including phenoxy) is 1. The van der Waals surface area contributed by atoms with Crippen molar-refractivity contribution in [3.8, 4) is 0 Å². The fourth-order valence-electron chi connectivity index (χ4n) is 3.82. The topological polar surface area (TPSA) is 113 Å². The Morgan fingerprint density at radius 3 is 2.88 bits per heavy atom. The first kappa shape index (κ1) is 19.0. The summed E-state index contributed by atoms with van der Waals surface area (Å²) in [5.41, 5.74) is 6.75. The summed E-state index contributed by atoms with van der Waals surface area (Å²) in [6.45, 7) is 3.67. The Hall–Kier alpha value is -1.77. The van der Waals surface area contributed by atoms with Crippen LogP contribution in [0.5, 0.6) is 0 Å². The van der Waals surface area contributed by atoms with Crippen molar-refractivity contribution >= 4 is 5.91 Å². The van der Waals surface area contributed by atoms with E-state index in [-0.39, 0.29) is 23.4 Å². The van der Waals surface area contributed by atoms with Gasteiger partial charge in [-0.3, -0.25) is 14.5 Å². The lowest BCUT2D eigenvalue weighted by atomic mass is 10.0. The molecule has 4 N–H and O–H groups in total. The maximum Gasteiger partial charge on any atom is 0.250 e. The SMILES string of the molecule is N[C@H]1CC[C@@H](C(=O)NCCc2cc(=O)[nH]cn2)CN(C2CCOCC2)C1. The van der Waals surface area contributed by atoms with Crippen LogP contribution in [-0.4, -0.2) is 65.7 Å². The van der Waals surface area contributed by atoms with Crippen molar-refractivity contribution in [3.63, 3.8) is 0 Å². The Bertz CT molecular complexity index is 644. The lowest BCUT2D eigenvalue weighted by Gasteiger charge is -2.35. The molecule has 2 atom stereocenters. The molecule has 0 aromatic carbocycles. The standard InChI is InChI=1S/C18H29N5O3/c19-14-2-1-13(10-23(11-14)16-4-7-26-8-5-16)18(25)20-6-3-15-9-17(24)22-12-21-15/h9,12-14,16H,1-8,10-11,19H2,(H,20,25)(H,21,22,24)/t13-,14+/m1/s1. The molecule has 0 unspecified atom stereocenters. The van der Waals surface area contributed by atoms with Crippen molar-refractivity contribution in [2.75, 3.05) is 32.8 Å². The summed E-state index contributed by atoms with van der Waals surface area (Å²) in [5, 5.41) is 3.00. The summed E-state index contributed by atoms with van der Waals surface area (Å²) in [6, 6.07) is 2.04. The summed E-state index contributed by atoms with van der Waals surface area (Å²) < 4.78 is 5.46. The van der Waals surface area contributed by atoms with Crippen LogP contribution in [0.15, 0.2) is 17.2 Å². The zero-order valence-electron chi connectivity index (χ0n) is 15.2. The van der Waals surface area contributed by atoms with E-state index in [9.17, 15) is 9.59 Å². The number of likely N-dealkylation sites (tertiary alicyclic amines) is 1. The van der Waals surface area contributed by atoms with Gasteiger partial charge in [-0.2, -0.15) is 0 Å². The molecule has 3 heterocycles. The third-order valence-corrected chi connectivity index (χ3v) is 5.30. The van der Waals surface area contributed by atoms with Gasteiger partial charge in [-0.25, -0.2) is 4.98 Å². The summed E-state index contributed by atoms with van der Waals surface area (Å²) in [4.78, 5) is 32.9. The van der Waals surface area contributed by atoms with E-state index in [1.807, 2.05) is 0 Å². The van der Waals surface area contributed by atoms with Crippen molar-refractivity contribution in [1.29, 1.82) is 0 Å². The number of nitrogens with two attached hydrogens (primary N) is 1. The van der Waals surface area contributed by atoms with E-state index in [0.717, 1.165) is 52.0 Å². The Balaban J connectivity index is 1.52. The van der Waals surface area contributed by atoms with E-state index in [4.69, 9.17) is 10.5 Å². The van der Waals surface area contributed by atoms with Crippen LogP contribution in [0.25, 0.3) is 0 Å². The van der Waals surface area contributed by atoms with Crippen LogP contribution in [0.2, 0.25) is 0 Å². The molecule has 0 radical (unpaired) electrons. The normalized spacial score (nSPS) is 25.6. The number of H-pyrrole nitrogens is 1. The minimum atomic E-state index is -0.175. The van der Waals surface area contributed by atoms with Gasteiger partial charge >= 0.3 is 0 Å². The van der Waals surface area contributed by atoms with Gasteiger partial charge in [0.2, 0.25) is 5.91 Å². The minimum Gasteiger partial charge on any atom is -0.381 e. The van der Waals surface area contributed by atoms with Crippen molar-refractivity contribution in [3.05, 3.63) is 28.4 Å². The number of carbonyl (C=O) groups is 1. The molecule has 0 spiro atoms. The highest BCUT2D eigenvalue weighted by Crippen LogP contribution is 2.22. The number of amides is 1. The molecule has 26 heavy (non-hydrogen) atoms. The second-order valence-corrected chi connectivity index (χ2v) is 7.28. The number of hydrogen-bond acceptors (Lipinski definition) is 6. The first-order valence-electron chi connectivity index (χ1n) is 9.50. The number of aromatic nitrogens is 2. The number of aromatic amines is 1. The summed E-state index contributed by atoms with van der Waals surface area (Å²) >= 11 is 0. The lowest BCUT2D eigenvalue weighted by molar-refractivity contribution is -0.125. The number of hydrogen-bond donors (Lipinski definition) is 3. The molecule has 2 saturated heterocycles. The van der Waals surface area contributed by atoms with Gasteiger partial charge in [0.1, 0.15) is 0 Å². The molecule has 3 rings (SSSR count). The highest BCUT2D eigenvalue weighted by molar-refractivity contribution is 5.78. The predicted molar refractivity (Wildman–Crippen MR) is 97.7 cm³/mol. The maximum atomic E-state index is 12.7. The number of nitrogens with zero attached hydrogens (tertiary/aromatic N) is 2. The fourth-order valence-corrected chi connectivity index (χ4v) is 3.82. The molecule has 8 heteroatoms. The second kappa shape index (κ2) is 9.25. The van der Waals surface area contributed by atoms with Gasteiger partial charge in [-0.05, 0) is 25.7 Å². The van der Waals surface area contributed by atoms with Crippen molar-refractivity contribution in [2.24, 2.45) is 11.7 Å². The van der Waals surface area contributed by atoms with Gasteiger partial charge in [0.05, 0.1) is 12.2 Å². The van der Waals surface area contributed by atoms with E-state index >= 15 is 0 Å². The van der Waals surface area contributed by atoms with Crippen LogP contribution in [0.4, 0.5) is 0 Å². The first-order chi connectivity index (χ1) is 12.6. The average molecular weight is 363 g/mol. The Morgan fingerprint density at radius 1 is 1.31 bits per heavy atom. The van der Waals surface area contributed by atoms with Gasteiger partial charge in [0, 0.05) is 63.1 Å². The van der Waals surface area contributed by atoms with E-state index in [2.05, 4.69) is 20.2 Å². The Kier molecular flexibility index (Phi) is 6.76. The molecule has 1 aromatic heterocycles. The smallest absolute Gasteiger partial charge is 0.250 e. The maximum absolute atomic E-state index is 12.7. The fraction of sp³-hybridized carbons (Fsp3) is 0.722. The third-order valence-electron chi connectivity index (χ3n) is 5.30. The van der Waals surface area contributed by atoms with Gasteiger partial charge in [-0.15, -0.1) is 0 Å². The van der Waals surface area contributed by atoms with Crippen LogP contribution >= 0.6 is 0 Å². The van der Waals surface area contributed by atoms with E-state index in [0.29, 0.717) is 24.7 Å². The van der Waals surface area contributed by atoms with Crippen LogP contribution in [0.1, 0.15) is 31.4 Å². The van der Waals surface area contributed by atoms with Crippen LogP contribution in [0.3, 0.4) is 0 Å².